The van der Waals surface area contributed by atoms with E-state index in [-0.39, 0.29) is 6.04 Å². The van der Waals surface area contributed by atoms with Gasteiger partial charge in [0.15, 0.2) is 5.82 Å². The van der Waals surface area contributed by atoms with Crippen LogP contribution >= 0.6 is 0 Å². The van der Waals surface area contributed by atoms with E-state index in [1.807, 2.05) is 6.92 Å². The molecule has 4 nitrogen and oxygen atoms in total. The van der Waals surface area contributed by atoms with Gasteiger partial charge in [0.2, 0.25) is 5.89 Å². The fourth-order valence-electron chi connectivity index (χ4n) is 1.92. The summed E-state index contributed by atoms with van der Waals surface area (Å²) in [6.07, 6.45) is 5.78. The molecule has 1 aromatic rings. The lowest BCUT2D eigenvalue weighted by molar-refractivity contribution is 0.347. The number of nitrogens with two attached hydrogens (primary N) is 1. The summed E-state index contributed by atoms with van der Waals surface area (Å²) in [4.78, 5) is 4.36. The number of rotatable bonds is 3. The van der Waals surface area contributed by atoms with Crippen LogP contribution in [0.5, 0.6) is 0 Å². The second-order valence-corrected chi connectivity index (χ2v) is 3.99. The van der Waals surface area contributed by atoms with Crippen molar-refractivity contribution in [3.8, 4) is 0 Å². The van der Waals surface area contributed by atoms with E-state index in [0.29, 0.717) is 11.7 Å². The molecule has 0 spiro atoms. The van der Waals surface area contributed by atoms with E-state index in [1.165, 1.54) is 25.7 Å². The summed E-state index contributed by atoms with van der Waals surface area (Å²) in [7, 11) is 0. The van der Waals surface area contributed by atoms with Gasteiger partial charge < -0.3 is 10.3 Å². The summed E-state index contributed by atoms with van der Waals surface area (Å²) in [5.41, 5.74) is 5.82. The zero-order chi connectivity index (χ0) is 9.97. The normalized spacial score (nSPS) is 20.1. The van der Waals surface area contributed by atoms with Crippen LogP contribution in [-0.2, 0) is 0 Å². The van der Waals surface area contributed by atoms with Gasteiger partial charge in [-0.2, -0.15) is 4.98 Å². The molecule has 2 rings (SSSR count). The second kappa shape index (κ2) is 4.09. The summed E-state index contributed by atoms with van der Waals surface area (Å²) in [6.45, 7) is 2.02. The SMILES string of the molecule is CCC(N)c1noc(C2CCCC2)n1. The first kappa shape index (κ1) is 9.65. The van der Waals surface area contributed by atoms with E-state index in [9.17, 15) is 0 Å². The van der Waals surface area contributed by atoms with Crippen molar-refractivity contribution in [2.24, 2.45) is 5.73 Å². The third-order valence-electron chi connectivity index (χ3n) is 2.93. The minimum atomic E-state index is -0.0751. The highest BCUT2D eigenvalue weighted by molar-refractivity contribution is 4.98. The fraction of sp³-hybridized carbons (Fsp3) is 0.800. The number of hydrogen-bond donors (Lipinski definition) is 1. The zero-order valence-electron chi connectivity index (χ0n) is 8.57. The summed E-state index contributed by atoms with van der Waals surface area (Å²) in [5, 5.41) is 3.92. The number of aromatic nitrogens is 2. The largest absolute Gasteiger partial charge is 0.339 e. The maximum absolute atomic E-state index is 5.82. The fourth-order valence-corrected chi connectivity index (χ4v) is 1.92. The highest BCUT2D eigenvalue weighted by atomic mass is 16.5. The predicted molar refractivity (Wildman–Crippen MR) is 52.7 cm³/mol. The van der Waals surface area contributed by atoms with Crippen molar-refractivity contribution in [3.63, 3.8) is 0 Å². The van der Waals surface area contributed by atoms with Crippen molar-refractivity contribution in [2.45, 2.75) is 51.0 Å². The van der Waals surface area contributed by atoms with Gasteiger partial charge in [0.05, 0.1) is 6.04 Å². The van der Waals surface area contributed by atoms with Gasteiger partial charge in [-0.3, -0.25) is 0 Å². The molecule has 1 aromatic heterocycles. The molecular weight excluding hydrogens is 178 g/mol. The summed E-state index contributed by atoms with van der Waals surface area (Å²) >= 11 is 0. The maximum Gasteiger partial charge on any atom is 0.229 e. The topological polar surface area (TPSA) is 64.9 Å². The lowest BCUT2D eigenvalue weighted by atomic mass is 10.1. The standard InChI is InChI=1S/C10H17N3O/c1-2-8(11)9-12-10(14-13-9)7-5-3-4-6-7/h7-8H,2-6,11H2,1H3. The van der Waals surface area contributed by atoms with Crippen LogP contribution in [0.2, 0.25) is 0 Å². The first-order chi connectivity index (χ1) is 6.81. The van der Waals surface area contributed by atoms with Crippen molar-refractivity contribution < 1.29 is 4.52 Å². The molecule has 0 amide bonds. The van der Waals surface area contributed by atoms with E-state index in [4.69, 9.17) is 10.3 Å². The summed E-state index contributed by atoms with van der Waals surface area (Å²) < 4.78 is 5.23. The molecule has 1 aliphatic rings. The van der Waals surface area contributed by atoms with E-state index >= 15 is 0 Å². The van der Waals surface area contributed by atoms with Crippen molar-refractivity contribution in [3.05, 3.63) is 11.7 Å². The third-order valence-corrected chi connectivity index (χ3v) is 2.93. The molecule has 1 unspecified atom stereocenters. The monoisotopic (exact) mass is 195 g/mol. The Kier molecular flexibility index (Phi) is 2.82. The molecule has 0 radical (unpaired) electrons. The molecule has 1 atom stereocenters. The highest BCUT2D eigenvalue weighted by Crippen LogP contribution is 2.33. The van der Waals surface area contributed by atoms with Crippen LogP contribution in [0, 0.1) is 0 Å². The molecule has 2 N–H and O–H groups in total. The average molecular weight is 195 g/mol. The minimum absolute atomic E-state index is 0.0751. The highest BCUT2D eigenvalue weighted by Gasteiger charge is 2.23. The molecule has 4 heteroatoms. The Labute approximate surface area is 83.9 Å². The van der Waals surface area contributed by atoms with E-state index < -0.39 is 0 Å². The van der Waals surface area contributed by atoms with Gasteiger partial charge in [-0.05, 0) is 19.3 Å². The van der Waals surface area contributed by atoms with Crippen LogP contribution in [0.25, 0.3) is 0 Å². The van der Waals surface area contributed by atoms with Gasteiger partial charge in [0.1, 0.15) is 0 Å². The first-order valence-electron chi connectivity index (χ1n) is 5.40. The first-order valence-corrected chi connectivity index (χ1v) is 5.40. The quantitative estimate of drug-likeness (QED) is 0.802. The van der Waals surface area contributed by atoms with Crippen molar-refractivity contribution in [1.29, 1.82) is 0 Å². The van der Waals surface area contributed by atoms with Crippen LogP contribution in [0.15, 0.2) is 4.52 Å². The van der Waals surface area contributed by atoms with Crippen molar-refractivity contribution >= 4 is 0 Å². The smallest absolute Gasteiger partial charge is 0.229 e. The Hall–Kier alpha value is -0.900. The van der Waals surface area contributed by atoms with Crippen LogP contribution in [0.4, 0.5) is 0 Å². The van der Waals surface area contributed by atoms with Gasteiger partial charge in [-0.1, -0.05) is 24.9 Å². The predicted octanol–water partition coefficient (Wildman–Crippen LogP) is 2.14. The molecule has 1 aliphatic carbocycles. The van der Waals surface area contributed by atoms with Gasteiger partial charge in [0.25, 0.3) is 0 Å². The Morgan fingerprint density at radius 2 is 2.21 bits per heavy atom. The number of nitrogens with zero attached hydrogens (tertiary/aromatic N) is 2. The summed E-state index contributed by atoms with van der Waals surface area (Å²) in [6, 6.07) is -0.0751. The lowest BCUT2D eigenvalue weighted by Crippen LogP contribution is -2.10. The van der Waals surface area contributed by atoms with E-state index in [2.05, 4.69) is 10.1 Å². The molecular formula is C10H17N3O. The van der Waals surface area contributed by atoms with Gasteiger partial charge >= 0.3 is 0 Å². The van der Waals surface area contributed by atoms with Gasteiger partial charge in [-0.25, -0.2) is 0 Å². The molecule has 0 saturated heterocycles. The minimum Gasteiger partial charge on any atom is -0.339 e. The van der Waals surface area contributed by atoms with Crippen LogP contribution < -0.4 is 5.73 Å². The summed E-state index contributed by atoms with van der Waals surface area (Å²) in [5.74, 6) is 1.94. The van der Waals surface area contributed by atoms with E-state index in [0.717, 1.165) is 12.3 Å². The Morgan fingerprint density at radius 3 is 2.86 bits per heavy atom. The molecule has 14 heavy (non-hydrogen) atoms. The maximum atomic E-state index is 5.82. The van der Waals surface area contributed by atoms with Crippen LogP contribution in [0.1, 0.15) is 62.7 Å². The molecule has 0 bridgehead atoms. The Bertz CT molecular complexity index is 291. The van der Waals surface area contributed by atoms with Crippen molar-refractivity contribution in [1.82, 2.24) is 10.1 Å². The van der Waals surface area contributed by atoms with Gasteiger partial charge in [0, 0.05) is 5.92 Å². The molecule has 0 aliphatic heterocycles. The van der Waals surface area contributed by atoms with E-state index in [1.54, 1.807) is 0 Å². The third kappa shape index (κ3) is 1.80. The molecule has 1 fully saturated rings. The number of hydrogen-bond acceptors (Lipinski definition) is 4. The molecule has 1 saturated carbocycles. The average Bonchev–Trinajstić information content (AvgIpc) is 2.86. The van der Waals surface area contributed by atoms with Gasteiger partial charge in [-0.15, -0.1) is 0 Å². The van der Waals surface area contributed by atoms with Crippen molar-refractivity contribution in [2.75, 3.05) is 0 Å². The zero-order valence-corrected chi connectivity index (χ0v) is 8.57. The Balaban J connectivity index is 2.08. The van der Waals surface area contributed by atoms with Crippen LogP contribution in [0.3, 0.4) is 0 Å². The second-order valence-electron chi connectivity index (χ2n) is 3.99. The lowest BCUT2D eigenvalue weighted by Gasteiger charge is -2.01. The Morgan fingerprint density at radius 1 is 1.50 bits per heavy atom. The molecule has 78 valence electrons. The van der Waals surface area contributed by atoms with Crippen LogP contribution in [-0.4, -0.2) is 10.1 Å². The molecule has 0 aromatic carbocycles. The molecule has 1 heterocycles.